The van der Waals surface area contributed by atoms with E-state index in [2.05, 4.69) is 15.4 Å². The van der Waals surface area contributed by atoms with Gasteiger partial charge < -0.3 is 14.6 Å². The number of ether oxygens (including phenoxy) is 1. The van der Waals surface area contributed by atoms with E-state index < -0.39 is 5.82 Å². The molecule has 0 radical (unpaired) electrons. The Balaban J connectivity index is 1.42. The Bertz CT molecular complexity index is 786. The molecule has 2 aliphatic rings. The Labute approximate surface area is 151 Å². The van der Waals surface area contributed by atoms with Crippen molar-refractivity contribution in [2.75, 3.05) is 26.3 Å². The summed E-state index contributed by atoms with van der Waals surface area (Å²) in [6.07, 6.45) is 2.24. The molecule has 1 aromatic carbocycles. The zero-order valence-corrected chi connectivity index (χ0v) is 14.5. The minimum absolute atomic E-state index is 0.00102. The number of hydrogen-bond acceptors (Lipinski definition) is 5. The number of fused-ring (bicyclic) bond motifs is 1. The predicted molar refractivity (Wildman–Crippen MR) is 92.3 cm³/mol. The molecular formula is C19H22FN3O3. The molecule has 6 nitrogen and oxygen atoms in total. The number of morpholine rings is 1. The molecule has 7 heteroatoms. The van der Waals surface area contributed by atoms with Gasteiger partial charge in [0.2, 0.25) is 0 Å². The van der Waals surface area contributed by atoms with E-state index in [1.165, 1.54) is 12.1 Å². The number of halogens is 1. The Morgan fingerprint density at radius 1 is 1.35 bits per heavy atom. The number of aryl methyl sites for hydroxylation is 1. The average molecular weight is 359 g/mol. The number of hydrogen-bond donors (Lipinski definition) is 1. The van der Waals surface area contributed by atoms with Crippen molar-refractivity contribution in [3.8, 4) is 0 Å². The van der Waals surface area contributed by atoms with Crippen molar-refractivity contribution in [3.05, 3.63) is 52.7 Å². The first kappa shape index (κ1) is 17.2. The van der Waals surface area contributed by atoms with Crippen molar-refractivity contribution in [1.82, 2.24) is 15.4 Å². The van der Waals surface area contributed by atoms with Gasteiger partial charge in [-0.1, -0.05) is 11.2 Å². The molecule has 1 aliphatic carbocycles. The molecule has 26 heavy (non-hydrogen) atoms. The second-order valence-corrected chi connectivity index (χ2v) is 6.84. The lowest BCUT2D eigenvalue weighted by atomic mass is 9.91. The Kier molecular flexibility index (Phi) is 4.99. The molecule has 0 saturated carbocycles. The number of carbonyl (C=O) groups excluding carboxylic acids is 1. The monoisotopic (exact) mass is 359 g/mol. The highest BCUT2D eigenvalue weighted by atomic mass is 19.1. The van der Waals surface area contributed by atoms with E-state index in [1.807, 2.05) is 0 Å². The molecule has 1 unspecified atom stereocenters. The molecule has 4 rings (SSSR count). The molecule has 1 saturated heterocycles. The summed E-state index contributed by atoms with van der Waals surface area (Å²) < 4.78 is 24.2. The lowest BCUT2D eigenvalue weighted by Crippen LogP contribution is -2.39. The molecule has 138 valence electrons. The van der Waals surface area contributed by atoms with Crippen molar-refractivity contribution in [2.45, 2.75) is 31.8 Å². The lowest BCUT2D eigenvalue weighted by Gasteiger charge is -2.27. The molecule has 1 aromatic heterocycles. The summed E-state index contributed by atoms with van der Waals surface area (Å²) in [6, 6.07) is 5.76. The van der Waals surface area contributed by atoms with Crippen molar-refractivity contribution in [2.24, 2.45) is 0 Å². The number of nitrogens with one attached hydrogen (secondary N) is 1. The highest BCUT2D eigenvalue weighted by Crippen LogP contribution is 2.26. The number of benzene rings is 1. The summed E-state index contributed by atoms with van der Waals surface area (Å²) in [5.74, 6) is 0.268. The zero-order valence-electron chi connectivity index (χ0n) is 14.5. The molecule has 2 heterocycles. The Morgan fingerprint density at radius 2 is 2.19 bits per heavy atom. The van der Waals surface area contributed by atoms with E-state index in [4.69, 9.17) is 9.26 Å². The fourth-order valence-corrected chi connectivity index (χ4v) is 3.58. The summed E-state index contributed by atoms with van der Waals surface area (Å²) >= 11 is 0. The van der Waals surface area contributed by atoms with Crippen LogP contribution in [0.3, 0.4) is 0 Å². The van der Waals surface area contributed by atoms with Gasteiger partial charge in [-0.05, 0) is 31.0 Å². The van der Waals surface area contributed by atoms with Crippen molar-refractivity contribution < 1.29 is 18.4 Å². The second-order valence-electron chi connectivity index (χ2n) is 6.84. The first-order chi connectivity index (χ1) is 12.7. The van der Waals surface area contributed by atoms with E-state index in [0.29, 0.717) is 12.0 Å². The van der Waals surface area contributed by atoms with Gasteiger partial charge in [0.25, 0.3) is 5.91 Å². The summed E-state index contributed by atoms with van der Waals surface area (Å²) in [5.41, 5.74) is 2.40. The summed E-state index contributed by atoms with van der Waals surface area (Å²) in [4.78, 5) is 14.7. The summed E-state index contributed by atoms with van der Waals surface area (Å²) in [7, 11) is 0. The third kappa shape index (κ3) is 3.78. The fourth-order valence-electron chi connectivity index (χ4n) is 3.58. The third-order valence-electron chi connectivity index (χ3n) is 5.02. The predicted octanol–water partition coefficient (Wildman–Crippen LogP) is 1.93. The third-order valence-corrected chi connectivity index (χ3v) is 5.02. The maximum Gasteiger partial charge on any atom is 0.251 e. The zero-order chi connectivity index (χ0) is 17.9. The van der Waals surface area contributed by atoms with Crippen LogP contribution in [0.1, 0.15) is 33.8 Å². The smallest absolute Gasteiger partial charge is 0.251 e. The van der Waals surface area contributed by atoms with E-state index in [0.717, 1.165) is 62.7 Å². The van der Waals surface area contributed by atoms with Gasteiger partial charge in [-0.15, -0.1) is 0 Å². The molecule has 1 atom stereocenters. The average Bonchev–Trinajstić information content (AvgIpc) is 3.05. The van der Waals surface area contributed by atoms with Crippen molar-refractivity contribution in [1.29, 1.82) is 0 Å². The number of aromatic nitrogens is 1. The van der Waals surface area contributed by atoms with Gasteiger partial charge in [0.15, 0.2) is 0 Å². The van der Waals surface area contributed by atoms with Gasteiger partial charge in [-0.3, -0.25) is 9.69 Å². The molecule has 2 aromatic rings. The van der Waals surface area contributed by atoms with E-state index in [-0.39, 0.29) is 11.9 Å². The lowest BCUT2D eigenvalue weighted by molar-refractivity contribution is 0.0331. The molecule has 1 amide bonds. The number of nitrogens with zero attached hydrogens (tertiary/aromatic N) is 2. The number of carbonyl (C=O) groups is 1. The fraction of sp³-hybridized carbons (Fsp3) is 0.474. The van der Waals surface area contributed by atoms with Crippen LogP contribution in [-0.4, -0.2) is 48.3 Å². The largest absolute Gasteiger partial charge is 0.379 e. The maximum atomic E-state index is 13.3. The highest BCUT2D eigenvalue weighted by Gasteiger charge is 2.28. The molecule has 0 bridgehead atoms. The molecule has 0 spiro atoms. The Hall–Kier alpha value is -2.25. The van der Waals surface area contributed by atoms with Gasteiger partial charge in [0.05, 0.1) is 13.2 Å². The van der Waals surface area contributed by atoms with Crippen LogP contribution in [0.25, 0.3) is 0 Å². The summed E-state index contributed by atoms with van der Waals surface area (Å²) in [6.45, 7) is 4.01. The normalized spacial score (nSPS) is 20.6. The van der Waals surface area contributed by atoms with Crippen LogP contribution in [0.5, 0.6) is 0 Å². The van der Waals surface area contributed by atoms with Crippen molar-refractivity contribution in [3.63, 3.8) is 0 Å². The topological polar surface area (TPSA) is 67.6 Å². The quantitative estimate of drug-likeness (QED) is 0.904. The van der Waals surface area contributed by atoms with Gasteiger partial charge >= 0.3 is 0 Å². The SMILES string of the molecule is O=C(NC1CCc2onc(CN3CCOCC3)c2C1)c1cccc(F)c1. The van der Waals surface area contributed by atoms with Gasteiger partial charge in [-0.25, -0.2) is 4.39 Å². The van der Waals surface area contributed by atoms with Crippen LogP contribution < -0.4 is 5.32 Å². The first-order valence-corrected chi connectivity index (χ1v) is 9.02. The maximum absolute atomic E-state index is 13.3. The van der Waals surface area contributed by atoms with Crippen LogP contribution in [0.15, 0.2) is 28.8 Å². The first-order valence-electron chi connectivity index (χ1n) is 9.02. The highest BCUT2D eigenvalue weighted by molar-refractivity contribution is 5.94. The van der Waals surface area contributed by atoms with E-state index in [9.17, 15) is 9.18 Å². The molecule has 1 fully saturated rings. The van der Waals surface area contributed by atoms with Crippen LogP contribution in [0, 0.1) is 5.82 Å². The van der Waals surface area contributed by atoms with Gasteiger partial charge in [0, 0.05) is 43.2 Å². The molecule has 1 N–H and O–H groups in total. The van der Waals surface area contributed by atoms with Crippen LogP contribution in [-0.2, 0) is 24.1 Å². The van der Waals surface area contributed by atoms with Gasteiger partial charge in [-0.2, -0.15) is 0 Å². The van der Waals surface area contributed by atoms with E-state index in [1.54, 1.807) is 12.1 Å². The molecular weight excluding hydrogens is 337 g/mol. The van der Waals surface area contributed by atoms with Gasteiger partial charge in [0.1, 0.15) is 17.3 Å². The summed E-state index contributed by atoms with van der Waals surface area (Å²) in [5, 5.41) is 7.27. The van der Waals surface area contributed by atoms with Crippen LogP contribution in [0.4, 0.5) is 4.39 Å². The van der Waals surface area contributed by atoms with Crippen molar-refractivity contribution >= 4 is 5.91 Å². The minimum Gasteiger partial charge on any atom is -0.379 e. The standard InChI is InChI=1S/C19H22FN3O3/c20-14-3-1-2-13(10-14)19(24)21-15-4-5-18-16(11-15)17(22-26-18)12-23-6-8-25-9-7-23/h1-3,10,15H,4-9,11-12H2,(H,21,24). The molecule has 1 aliphatic heterocycles. The second kappa shape index (κ2) is 7.55. The number of amides is 1. The van der Waals surface area contributed by atoms with Crippen LogP contribution >= 0.6 is 0 Å². The Morgan fingerprint density at radius 3 is 3.00 bits per heavy atom. The minimum atomic E-state index is -0.407. The number of rotatable bonds is 4. The van der Waals surface area contributed by atoms with Crippen LogP contribution in [0.2, 0.25) is 0 Å². The van der Waals surface area contributed by atoms with E-state index >= 15 is 0 Å².